The molecular formula is C13H26N2O3. The van der Waals surface area contributed by atoms with Crippen LogP contribution in [0.5, 0.6) is 0 Å². The summed E-state index contributed by atoms with van der Waals surface area (Å²) in [6.45, 7) is 8.14. The third-order valence-electron chi connectivity index (χ3n) is 2.68. The molecule has 0 aromatic heterocycles. The van der Waals surface area contributed by atoms with Crippen LogP contribution in [0.15, 0.2) is 0 Å². The fraction of sp³-hybridized carbons (Fsp3) is 0.846. The van der Waals surface area contributed by atoms with Crippen molar-refractivity contribution in [3.63, 3.8) is 0 Å². The number of rotatable bonds is 9. The van der Waals surface area contributed by atoms with Crippen molar-refractivity contribution in [2.24, 2.45) is 0 Å². The first-order valence-corrected chi connectivity index (χ1v) is 6.59. The Kier molecular flexibility index (Phi) is 9.28. The maximum Gasteiger partial charge on any atom is 0.242 e. The van der Waals surface area contributed by atoms with E-state index in [1.807, 2.05) is 18.7 Å². The minimum Gasteiger partial charge on any atom is -0.383 e. The van der Waals surface area contributed by atoms with Crippen LogP contribution in [0.2, 0.25) is 0 Å². The number of carbonyl (C=O) groups is 2. The number of methoxy groups -OCH3 is 1. The third kappa shape index (κ3) is 6.59. The molecule has 0 unspecified atom stereocenters. The van der Waals surface area contributed by atoms with Gasteiger partial charge in [0.1, 0.15) is 0 Å². The second-order valence-corrected chi connectivity index (χ2v) is 4.31. The van der Waals surface area contributed by atoms with Crippen LogP contribution in [0.1, 0.15) is 33.6 Å². The molecule has 0 heterocycles. The van der Waals surface area contributed by atoms with Gasteiger partial charge in [-0.05, 0) is 12.8 Å². The Bertz CT molecular complexity index is 251. The molecular weight excluding hydrogens is 232 g/mol. The first-order chi connectivity index (χ1) is 8.56. The van der Waals surface area contributed by atoms with E-state index in [-0.39, 0.29) is 18.4 Å². The minimum absolute atomic E-state index is 0.0185. The Labute approximate surface area is 110 Å². The van der Waals surface area contributed by atoms with Crippen LogP contribution < -0.4 is 0 Å². The van der Waals surface area contributed by atoms with Gasteiger partial charge in [0.2, 0.25) is 11.8 Å². The van der Waals surface area contributed by atoms with E-state index in [0.717, 1.165) is 25.9 Å². The summed E-state index contributed by atoms with van der Waals surface area (Å²) < 4.78 is 4.94. The predicted molar refractivity (Wildman–Crippen MR) is 71.3 cm³/mol. The molecule has 0 saturated heterocycles. The normalized spacial score (nSPS) is 10.2. The van der Waals surface area contributed by atoms with Crippen molar-refractivity contribution in [3.05, 3.63) is 0 Å². The van der Waals surface area contributed by atoms with Crippen LogP contribution in [0.3, 0.4) is 0 Å². The van der Waals surface area contributed by atoms with Crippen molar-refractivity contribution >= 4 is 11.8 Å². The molecule has 106 valence electrons. The smallest absolute Gasteiger partial charge is 0.242 e. The molecule has 0 radical (unpaired) electrons. The van der Waals surface area contributed by atoms with E-state index < -0.39 is 0 Å². The van der Waals surface area contributed by atoms with E-state index in [1.165, 1.54) is 11.8 Å². The molecule has 0 aliphatic heterocycles. The largest absolute Gasteiger partial charge is 0.383 e. The Morgan fingerprint density at radius 3 is 1.94 bits per heavy atom. The summed E-state index contributed by atoms with van der Waals surface area (Å²) in [4.78, 5) is 26.9. The standard InChI is InChI=1S/C13H26N2O3/c1-5-7-14(8-6-2)13(17)11-15(12(3)16)9-10-18-4/h5-11H2,1-4H3. The highest BCUT2D eigenvalue weighted by atomic mass is 16.5. The summed E-state index contributed by atoms with van der Waals surface area (Å²) in [7, 11) is 1.58. The van der Waals surface area contributed by atoms with Gasteiger partial charge < -0.3 is 14.5 Å². The lowest BCUT2D eigenvalue weighted by Crippen LogP contribution is -2.43. The van der Waals surface area contributed by atoms with E-state index >= 15 is 0 Å². The van der Waals surface area contributed by atoms with Crippen molar-refractivity contribution in [1.29, 1.82) is 0 Å². The monoisotopic (exact) mass is 258 g/mol. The van der Waals surface area contributed by atoms with E-state index in [4.69, 9.17) is 4.74 Å². The number of ether oxygens (including phenoxy) is 1. The molecule has 0 aliphatic carbocycles. The Morgan fingerprint density at radius 2 is 1.56 bits per heavy atom. The molecule has 0 atom stereocenters. The van der Waals surface area contributed by atoms with Crippen molar-refractivity contribution < 1.29 is 14.3 Å². The van der Waals surface area contributed by atoms with Gasteiger partial charge in [0.05, 0.1) is 13.2 Å². The van der Waals surface area contributed by atoms with Crippen LogP contribution >= 0.6 is 0 Å². The van der Waals surface area contributed by atoms with Gasteiger partial charge in [0.15, 0.2) is 0 Å². The maximum absolute atomic E-state index is 12.1. The number of hydrogen-bond donors (Lipinski definition) is 0. The van der Waals surface area contributed by atoms with Gasteiger partial charge in [0, 0.05) is 33.7 Å². The average Bonchev–Trinajstić information content (AvgIpc) is 2.33. The van der Waals surface area contributed by atoms with E-state index in [2.05, 4.69) is 0 Å². The summed E-state index contributed by atoms with van der Waals surface area (Å²) >= 11 is 0. The number of nitrogens with zero attached hydrogens (tertiary/aromatic N) is 2. The first-order valence-electron chi connectivity index (χ1n) is 6.59. The zero-order valence-corrected chi connectivity index (χ0v) is 12.1. The molecule has 0 bridgehead atoms. The summed E-state index contributed by atoms with van der Waals surface area (Å²) in [5.74, 6) is -0.0710. The zero-order valence-electron chi connectivity index (χ0n) is 12.1. The second kappa shape index (κ2) is 9.88. The van der Waals surface area contributed by atoms with Gasteiger partial charge in [-0.25, -0.2) is 0 Å². The quantitative estimate of drug-likeness (QED) is 0.623. The van der Waals surface area contributed by atoms with E-state index in [9.17, 15) is 9.59 Å². The SMILES string of the molecule is CCCN(CCC)C(=O)CN(CCOC)C(C)=O. The van der Waals surface area contributed by atoms with Crippen molar-refractivity contribution in [2.75, 3.05) is 39.9 Å². The van der Waals surface area contributed by atoms with Crippen LogP contribution in [0.4, 0.5) is 0 Å². The van der Waals surface area contributed by atoms with E-state index in [0.29, 0.717) is 13.2 Å². The van der Waals surface area contributed by atoms with Crippen molar-refractivity contribution in [1.82, 2.24) is 9.80 Å². The van der Waals surface area contributed by atoms with Gasteiger partial charge in [-0.1, -0.05) is 13.8 Å². The first kappa shape index (κ1) is 16.9. The van der Waals surface area contributed by atoms with Crippen molar-refractivity contribution in [2.45, 2.75) is 33.6 Å². The number of hydrogen-bond acceptors (Lipinski definition) is 3. The van der Waals surface area contributed by atoms with Gasteiger partial charge >= 0.3 is 0 Å². The van der Waals surface area contributed by atoms with Crippen LogP contribution in [0, 0.1) is 0 Å². The fourth-order valence-electron chi connectivity index (χ4n) is 1.71. The molecule has 5 nitrogen and oxygen atoms in total. The Balaban J connectivity index is 4.39. The molecule has 5 heteroatoms. The summed E-state index contributed by atoms with van der Waals surface area (Å²) in [6, 6.07) is 0. The topological polar surface area (TPSA) is 49.9 Å². The zero-order chi connectivity index (χ0) is 14.0. The minimum atomic E-state index is -0.0895. The second-order valence-electron chi connectivity index (χ2n) is 4.31. The maximum atomic E-state index is 12.1. The number of amides is 2. The van der Waals surface area contributed by atoms with Gasteiger partial charge in [0.25, 0.3) is 0 Å². The lowest BCUT2D eigenvalue weighted by molar-refractivity contribution is -0.139. The average molecular weight is 258 g/mol. The molecule has 18 heavy (non-hydrogen) atoms. The third-order valence-corrected chi connectivity index (χ3v) is 2.68. The molecule has 0 rings (SSSR count). The van der Waals surface area contributed by atoms with Gasteiger partial charge in [-0.15, -0.1) is 0 Å². The molecule has 0 saturated carbocycles. The molecule has 2 amide bonds. The van der Waals surface area contributed by atoms with Gasteiger partial charge in [-0.3, -0.25) is 9.59 Å². The summed E-state index contributed by atoms with van der Waals surface area (Å²) in [5.41, 5.74) is 0. The summed E-state index contributed by atoms with van der Waals surface area (Å²) in [6.07, 6.45) is 1.87. The highest BCUT2D eigenvalue weighted by molar-refractivity contribution is 5.83. The van der Waals surface area contributed by atoms with E-state index in [1.54, 1.807) is 7.11 Å². The van der Waals surface area contributed by atoms with Crippen molar-refractivity contribution in [3.8, 4) is 0 Å². The molecule has 0 N–H and O–H groups in total. The lowest BCUT2D eigenvalue weighted by Gasteiger charge is -2.26. The highest BCUT2D eigenvalue weighted by Crippen LogP contribution is 1.99. The number of carbonyl (C=O) groups excluding carboxylic acids is 2. The van der Waals surface area contributed by atoms with Crippen LogP contribution in [-0.4, -0.2) is 61.5 Å². The molecule has 0 fully saturated rings. The van der Waals surface area contributed by atoms with Crippen LogP contribution in [-0.2, 0) is 14.3 Å². The lowest BCUT2D eigenvalue weighted by atomic mass is 10.3. The fourth-order valence-corrected chi connectivity index (χ4v) is 1.71. The summed E-state index contributed by atoms with van der Waals surface area (Å²) in [5, 5.41) is 0. The molecule has 0 aromatic rings. The Morgan fingerprint density at radius 1 is 1.00 bits per heavy atom. The predicted octanol–water partition coefficient (Wildman–Crippen LogP) is 1.13. The van der Waals surface area contributed by atoms with Gasteiger partial charge in [-0.2, -0.15) is 0 Å². The Hall–Kier alpha value is -1.10. The molecule has 0 aliphatic rings. The molecule has 0 spiro atoms. The molecule has 0 aromatic carbocycles. The van der Waals surface area contributed by atoms with Crippen LogP contribution in [0.25, 0.3) is 0 Å². The highest BCUT2D eigenvalue weighted by Gasteiger charge is 2.17.